The zero-order valence-electron chi connectivity index (χ0n) is 5.95. The van der Waals surface area contributed by atoms with Crippen molar-refractivity contribution < 1.29 is 13.5 Å². The molecule has 1 fully saturated rings. The Labute approximate surface area is 61.0 Å². The molecule has 0 amide bonds. The fourth-order valence-electron chi connectivity index (χ4n) is 1.07. The van der Waals surface area contributed by atoms with Crippen LogP contribution in [0.25, 0.3) is 0 Å². The summed E-state index contributed by atoms with van der Waals surface area (Å²) in [6.45, 7) is 1.66. The van der Waals surface area contributed by atoms with Gasteiger partial charge in [-0.15, -0.1) is 0 Å². The molecule has 1 rings (SSSR count). The van der Waals surface area contributed by atoms with Crippen LogP contribution in [0.2, 0.25) is 0 Å². The molecule has 0 heterocycles. The molecule has 3 nitrogen and oxygen atoms in total. The van der Waals surface area contributed by atoms with E-state index in [0.717, 1.165) is 0 Å². The molecule has 0 aromatic rings. The van der Waals surface area contributed by atoms with Gasteiger partial charge in [0.15, 0.2) is 9.84 Å². The van der Waals surface area contributed by atoms with E-state index >= 15 is 0 Å². The van der Waals surface area contributed by atoms with Gasteiger partial charge in [-0.2, -0.15) is 0 Å². The first kappa shape index (κ1) is 8.01. The number of aliphatic hydroxyl groups is 1. The topological polar surface area (TPSA) is 54.4 Å². The summed E-state index contributed by atoms with van der Waals surface area (Å²) in [4.78, 5) is 0. The normalized spacial score (nSPS) is 32.2. The first-order valence-electron chi connectivity index (χ1n) is 3.44. The quantitative estimate of drug-likeness (QED) is 0.628. The standard InChI is InChI=1S/C6H12O3S/c1-2-10(8,9)6-3-5(6)4-7/h5-7H,2-4H2,1H3/t5-,6+/m0/s1. The lowest BCUT2D eigenvalue weighted by atomic mass is 10.5. The van der Waals surface area contributed by atoms with Gasteiger partial charge in [-0.25, -0.2) is 8.42 Å². The summed E-state index contributed by atoms with van der Waals surface area (Å²) in [5.74, 6) is 0.235. The maximum absolute atomic E-state index is 11.0. The lowest BCUT2D eigenvalue weighted by Gasteiger charge is -1.95. The second kappa shape index (κ2) is 2.51. The van der Waals surface area contributed by atoms with Crippen LogP contribution in [-0.2, 0) is 9.84 Å². The minimum absolute atomic E-state index is 0.0178. The van der Waals surface area contributed by atoms with Gasteiger partial charge in [0.1, 0.15) is 0 Å². The Hall–Kier alpha value is -0.0900. The van der Waals surface area contributed by atoms with Crippen LogP contribution in [-0.4, -0.2) is 31.1 Å². The molecule has 0 aromatic heterocycles. The molecule has 0 unspecified atom stereocenters. The predicted molar refractivity (Wildman–Crippen MR) is 38.4 cm³/mol. The van der Waals surface area contributed by atoms with Crippen LogP contribution in [0.3, 0.4) is 0 Å². The number of aliphatic hydroxyl groups excluding tert-OH is 1. The number of sulfone groups is 1. The number of hydrogen-bond donors (Lipinski definition) is 1. The summed E-state index contributed by atoms with van der Waals surface area (Å²) in [5, 5.41) is 8.34. The molecule has 2 atom stereocenters. The van der Waals surface area contributed by atoms with Gasteiger partial charge in [-0.1, -0.05) is 6.92 Å². The van der Waals surface area contributed by atoms with E-state index in [1.54, 1.807) is 6.92 Å². The van der Waals surface area contributed by atoms with Crippen molar-refractivity contribution in [2.24, 2.45) is 5.92 Å². The first-order chi connectivity index (χ1) is 4.61. The van der Waals surface area contributed by atoms with Crippen molar-refractivity contribution in [2.75, 3.05) is 12.4 Å². The number of hydrogen-bond acceptors (Lipinski definition) is 3. The van der Waals surface area contributed by atoms with Crippen LogP contribution >= 0.6 is 0 Å². The van der Waals surface area contributed by atoms with Crippen LogP contribution in [0.5, 0.6) is 0 Å². The third-order valence-corrected chi connectivity index (χ3v) is 4.26. The van der Waals surface area contributed by atoms with Gasteiger partial charge in [0.2, 0.25) is 0 Å². The Morgan fingerprint density at radius 2 is 2.20 bits per heavy atom. The summed E-state index contributed by atoms with van der Waals surface area (Å²) in [7, 11) is -2.85. The molecule has 0 saturated heterocycles. The second-order valence-corrected chi connectivity index (χ2v) is 5.18. The zero-order chi connectivity index (χ0) is 7.78. The molecule has 4 heteroatoms. The van der Waals surface area contributed by atoms with Crippen molar-refractivity contribution in [3.63, 3.8) is 0 Å². The van der Waals surface area contributed by atoms with Gasteiger partial charge < -0.3 is 5.11 Å². The summed E-state index contributed by atoms with van der Waals surface area (Å²) in [6.07, 6.45) is 0.659. The van der Waals surface area contributed by atoms with E-state index in [4.69, 9.17) is 5.11 Å². The Balaban J connectivity index is 2.55. The molecule has 1 aliphatic carbocycles. The molecule has 0 spiro atoms. The van der Waals surface area contributed by atoms with Crippen molar-refractivity contribution in [1.82, 2.24) is 0 Å². The van der Waals surface area contributed by atoms with Gasteiger partial charge in [0.25, 0.3) is 0 Å². The monoisotopic (exact) mass is 164 g/mol. The van der Waals surface area contributed by atoms with Crippen molar-refractivity contribution >= 4 is 9.84 Å². The minimum atomic E-state index is -2.85. The Morgan fingerprint density at radius 1 is 1.60 bits per heavy atom. The highest BCUT2D eigenvalue weighted by atomic mass is 32.2. The van der Waals surface area contributed by atoms with E-state index in [2.05, 4.69) is 0 Å². The fourth-order valence-corrected chi connectivity index (χ4v) is 2.71. The van der Waals surface area contributed by atoms with Gasteiger partial charge in [0.05, 0.1) is 5.25 Å². The molecular formula is C6H12O3S. The Kier molecular flexibility index (Phi) is 2.01. The van der Waals surface area contributed by atoms with Crippen molar-refractivity contribution in [1.29, 1.82) is 0 Å². The van der Waals surface area contributed by atoms with Crippen molar-refractivity contribution in [2.45, 2.75) is 18.6 Å². The smallest absolute Gasteiger partial charge is 0.153 e. The molecule has 60 valence electrons. The first-order valence-corrected chi connectivity index (χ1v) is 5.15. The number of rotatable bonds is 3. The van der Waals surface area contributed by atoms with E-state index in [-0.39, 0.29) is 23.5 Å². The van der Waals surface area contributed by atoms with Gasteiger partial charge in [0, 0.05) is 12.4 Å². The highest BCUT2D eigenvalue weighted by molar-refractivity contribution is 7.92. The summed E-state index contributed by atoms with van der Waals surface area (Å²) < 4.78 is 22.0. The third-order valence-electron chi connectivity index (χ3n) is 1.96. The van der Waals surface area contributed by atoms with Gasteiger partial charge in [-0.05, 0) is 12.3 Å². The van der Waals surface area contributed by atoms with Crippen LogP contribution in [0.15, 0.2) is 0 Å². The van der Waals surface area contributed by atoms with Crippen LogP contribution < -0.4 is 0 Å². The maximum Gasteiger partial charge on any atom is 0.153 e. The molecule has 1 N–H and O–H groups in total. The molecule has 1 saturated carbocycles. The summed E-state index contributed by atoms with van der Waals surface area (Å²) in [5.41, 5.74) is 0. The maximum atomic E-state index is 11.0. The van der Waals surface area contributed by atoms with E-state index in [1.165, 1.54) is 0 Å². The zero-order valence-corrected chi connectivity index (χ0v) is 6.76. The lowest BCUT2D eigenvalue weighted by molar-refractivity contribution is 0.277. The van der Waals surface area contributed by atoms with Crippen LogP contribution in [0.1, 0.15) is 13.3 Å². The fraction of sp³-hybridized carbons (Fsp3) is 1.00. The minimum Gasteiger partial charge on any atom is -0.396 e. The SMILES string of the molecule is CCS(=O)(=O)[C@@H]1C[C@H]1CO. The Morgan fingerprint density at radius 3 is 2.50 bits per heavy atom. The molecule has 0 bridgehead atoms. The molecule has 10 heavy (non-hydrogen) atoms. The molecule has 0 aliphatic heterocycles. The highest BCUT2D eigenvalue weighted by Gasteiger charge is 2.45. The summed E-state index contributed by atoms with van der Waals surface area (Å²) >= 11 is 0. The van der Waals surface area contributed by atoms with E-state index in [9.17, 15) is 8.42 Å². The largest absolute Gasteiger partial charge is 0.396 e. The average molecular weight is 164 g/mol. The van der Waals surface area contributed by atoms with Crippen LogP contribution in [0, 0.1) is 5.92 Å². The Bertz CT molecular complexity index is 207. The van der Waals surface area contributed by atoms with Gasteiger partial charge in [-0.3, -0.25) is 0 Å². The summed E-state index contributed by atoms with van der Waals surface area (Å²) in [6, 6.07) is 0. The molecular weight excluding hydrogens is 152 g/mol. The highest BCUT2D eigenvalue weighted by Crippen LogP contribution is 2.36. The molecule has 1 aliphatic rings. The van der Waals surface area contributed by atoms with Gasteiger partial charge >= 0.3 is 0 Å². The van der Waals surface area contributed by atoms with Crippen LogP contribution in [0.4, 0.5) is 0 Å². The van der Waals surface area contributed by atoms with E-state index in [0.29, 0.717) is 6.42 Å². The predicted octanol–water partition coefficient (Wildman–Crippen LogP) is -0.198. The molecule has 0 aromatic carbocycles. The van der Waals surface area contributed by atoms with E-state index < -0.39 is 9.84 Å². The van der Waals surface area contributed by atoms with Crippen molar-refractivity contribution in [3.05, 3.63) is 0 Å². The second-order valence-electron chi connectivity index (χ2n) is 2.67. The third kappa shape index (κ3) is 1.32. The average Bonchev–Trinajstić information content (AvgIpc) is 2.66. The molecule has 0 radical (unpaired) electrons. The lowest BCUT2D eigenvalue weighted by Crippen LogP contribution is -2.12. The van der Waals surface area contributed by atoms with E-state index in [1.807, 2.05) is 0 Å². The van der Waals surface area contributed by atoms with Crippen molar-refractivity contribution in [3.8, 4) is 0 Å².